The molecule has 0 aromatic heterocycles. The standard InChI is InChI=1S/C20H24BrO3P/c1-5-23-25(22,24-6-2)13-14-7-9-16-17-10-8-15(21)12-19(17)20(3,4)18(16)11-14/h7-12H,5-6,13H2,1-4H3. The molecule has 0 spiro atoms. The van der Waals surface area contributed by atoms with Gasteiger partial charge in [-0.3, -0.25) is 4.57 Å². The van der Waals surface area contributed by atoms with Crippen molar-refractivity contribution in [2.45, 2.75) is 39.3 Å². The highest BCUT2D eigenvalue weighted by Crippen LogP contribution is 2.53. The monoisotopic (exact) mass is 422 g/mol. The van der Waals surface area contributed by atoms with Gasteiger partial charge in [-0.1, -0.05) is 54.0 Å². The second-order valence-electron chi connectivity index (χ2n) is 6.80. The lowest BCUT2D eigenvalue weighted by Crippen LogP contribution is -2.15. The molecule has 25 heavy (non-hydrogen) atoms. The first-order chi connectivity index (χ1) is 11.8. The van der Waals surface area contributed by atoms with E-state index in [2.05, 4.69) is 60.1 Å². The number of fused-ring (bicyclic) bond motifs is 3. The SMILES string of the molecule is CCOP(=O)(Cc1ccc2c(c1)C(C)(C)c1cc(Br)ccc1-2)OCC. The molecule has 3 rings (SSSR count). The predicted molar refractivity (Wildman–Crippen MR) is 106 cm³/mol. The topological polar surface area (TPSA) is 35.5 Å². The fourth-order valence-corrected chi connectivity index (χ4v) is 5.65. The van der Waals surface area contributed by atoms with Crippen LogP contribution in [0.25, 0.3) is 11.1 Å². The van der Waals surface area contributed by atoms with Crippen molar-refractivity contribution >= 4 is 23.5 Å². The van der Waals surface area contributed by atoms with Crippen molar-refractivity contribution in [1.29, 1.82) is 0 Å². The van der Waals surface area contributed by atoms with Gasteiger partial charge < -0.3 is 9.05 Å². The Morgan fingerprint density at radius 3 is 2.12 bits per heavy atom. The first-order valence-corrected chi connectivity index (χ1v) is 11.1. The lowest BCUT2D eigenvalue weighted by molar-refractivity contribution is 0.219. The number of halogens is 1. The van der Waals surface area contributed by atoms with E-state index in [4.69, 9.17) is 9.05 Å². The van der Waals surface area contributed by atoms with Crippen molar-refractivity contribution in [3.63, 3.8) is 0 Å². The summed E-state index contributed by atoms with van der Waals surface area (Å²) in [5.41, 5.74) is 5.99. The maximum Gasteiger partial charge on any atom is 0.335 e. The van der Waals surface area contributed by atoms with Crippen molar-refractivity contribution in [2.24, 2.45) is 0 Å². The highest BCUT2D eigenvalue weighted by atomic mass is 79.9. The van der Waals surface area contributed by atoms with E-state index >= 15 is 0 Å². The lowest BCUT2D eigenvalue weighted by atomic mass is 9.82. The number of hydrogen-bond acceptors (Lipinski definition) is 3. The van der Waals surface area contributed by atoms with Crippen LogP contribution in [0.4, 0.5) is 0 Å². The van der Waals surface area contributed by atoms with Crippen molar-refractivity contribution < 1.29 is 13.6 Å². The van der Waals surface area contributed by atoms with Crippen LogP contribution < -0.4 is 0 Å². The maximum atomic E-state index is 12.9. The molecule has 2 aromatic rings. The van der Waals surface area contributed by atoms with Crippen LogP contribution in [0.15, 0.2) is 40.9 Å². The molecule has 1 aliphatic rings. The summed E-state index contributed by atoms with van der Waals surface area (Å²) >= 11 is 3.58. The Balaban J connectivity index is 2.01. The molecule has 0 aliphatic heterocycles. The number of benzene rings is 2. The van der Waals surface area contributed by atoms with E-state index < -0.39 is 7.60 Å². The van der Waals surface area contributed by atoms with Gasteiger partial charge in [-0.25, -0.2) is 0 Å². The highest BCUT2D eigenvalue weighted by Gasteiger charge is 2.36. The van der Waals surface area contributed by atoms with E-state index in [0.717, 1.165) is 10.0 Å². The minimum Gasteiger partial charge on any atom is -0.309 e. The average molecular weight is 423 g/mol. The molecule has 1 aliphatic carbocycles. The summed E-state index contributed by atoms with van der Waals surface area (Å²) in [6, 6.07) is 12.8. The van der Waals surface area contributed by atoms with Crippen LogP contribution in [0, 0.1) is 0 Å². The predicted octanol–water partition coefficient (Wildman–Crippen LogP) is 6.52. The maximum absolute atomic E-state index is 12.9. The van der Waals surface area contributed by atoms with Gasteiger partial charge in [0.25, 0.3) is 0 Å². The Labute approximate surface area is 158 Å². The summed E-state index contributed by atoms with van der Waals surface area (Å²) < 4.78 is 24.8. The fourth-order valence-electron chi connectivity index (χ4n) is 3.60. The molecule has 0 heterocycles. The Morgan fingerprint density at radius 2 is 1.52 bits per heavy atom. The van der Waals surface area contributed by atoms with Crippen molar-refractivity contribution in [2.75, 3.05) is 13.2 Å². The first kappa shape index (κ1) is 18.8. The van der Waals surface area contributed by atoms with E-state index in [-0.39, 0.29) is 5.41 Å². The third kappa shape index (κ3) is 3.50. The molecule has 0 saturated heterocycles. The smallest absolute Gasteiger partial charge is 0.309 e. The van der Waals surface area contributed by atoms with Crippen LogP contribution >= 0.6 is 23.5 Å². The van der Waals surface area contributed by atoms with E-state index in [1.807, 2.05) is 19.9 Å². The molecule has 134 valence electrons. The van der Waals surface area contributed by atoms with Crippen LogP contribution in [0.5, 0.6) is 0 Å². The van der Waals surface area contributed by atoms with E-state index in [0.29, 0.717) is 19.4 Å². The molecule has 0 N–H and O–H groups in total. The average Bonchev–Trinajstić information content (AvgIpc) is 2.75. The van der Waals surface area contributed by atoms with Gasteiger partial charge in [0, 0.05) is 9.89 Å². The first-order valence-electron chi connectivity index (χ1n) is 8.62. The molecule has 2 aromatic carbocycles. The molecule has 5 heteroatoms. The Hall–Kier alpha value is -0.930. The Bertz CT molecular complexity index is 835. The minimum atomic E-state index is -3.10. The molecule has 0 bridgehead atoms. The summed E-state index contributed by atoms with van der Waals surface area (Å²) in [5.74, 6) is 0. The summed E-state index contributed by atoms with van der Waals surface area (Å²) in [4.78, 5) is 0. The van der Waals surface area contributed by atoms with Gasteiger partial charge in [-0.2, -0.15) is 0 Å². The molecule has 0 fully saturated rings. The van der Waals surface area contributed by atoms with Gasteiger partial charge in [-0.15, -0.1) is 0 Å². The molecule has 0 atom stereocenters. The van der Waals surface area contributed by atoms with Crippen LogP contribution in [0.1, 0.15) is 44.4 Å². The van der Waals surface area contributed by atoms with Gasteiger partial charge in [0.15, 0.2) is 0 Å². The zero-order chi connectivity index (χ0) is 18.2. The molecule has 3 nitrogen and oxygen atoms in total. The summed E-state index contributed by atoms with van der Waals surface area (Å²) in [6.07, 6.45) is 0.304. The number of hydrogen-bond donors (Lipinski definition) is 0. The summed E-state index contributed by atoms with van der Waals surface area (Å²) in [5, 5.41) is 0. The molecule has 0 amide bonds. The van der Waals surface area contributed by atoms with Crippen LogP contribution in [0.3, 0.4) is 0 Å². The minimum absolute atomic E-state index is 0.0916. The largest absolute Gasteiger partial charge is 0.335 e. The second kappa shape index (κ2) is 7.00. The summed E-state index contributed by atoms with van der Waals surface area (Å²) in [7, 11) is -3.10. The van der Waals surface area contributed by atoms with E-state index in [1.54, 1.807) is 0 Å². The van der Waals surface area contributed by atoms with Gasteiger partial charge in [0.1, 0.15) is 0 Å². The van der Waals surface area contributed by atoms with Gasteiger partial charge in [-0.05, 0) is 53.8 Å². The van der Waals surface area contributed by atoms with Crippen LogP contribution in [-0.4, -0.2) is 13.2 Å². The normalized spacial score (nSPS) is 15.1. The van der Waals surface area contributed by atoms with E-state index in [1.165, 1.54) is 22.3 Å². The molecular weight excluding hydrogens is 399 g/mol. The quantitative estimate of drug-likeness (QED) is 0.496. The fraction of sp³-hybridized carbons (Fsp3) is 0.400. The molecule has 0 unspecified atom stereocenters. The molecule has 0 saturated carbocycles. The zero-order valence-corrected chi connectivity index (χ0v) is 17.6. The Morgan fingerprint density at radius 1 is 0.960 bits per heavy atom. The van der Waals surface area contributed by atoms with E-state index in [9.17, 15) is 4.57 Å². The van der Waals surface area contributed by atoms with Gasteiger partial charge in [0.2, 0.25) is 0 Å². The van der Waals surface area contributed by atoms with Gasteiger partial charge in [0.05, 0.1) is 19.4 Å². The lowest BCUT2D eigenvalue weighted by Gasteiger charge is -2.23. The van der Waals surface area contributed by atoms with Crippen molar-refractivity contribution in [3.8, 4) is 11.1 Å². The van der Waals surface area contributed by atoms with Crippen LogP contribution in [-0.2, 0) is 25.2 Å². The summed E-state index contributed by atoms with van der Waals surface area (Å²) in [6.45, 7) is 8.91. The van der Waals surface area contributed by atoms with Crippen LogP contribution in [0.2, 0.25) is 0 Å². The molecular formula is C20H24BrO3P. The molecule has 0 radical (unpaired) electrons. The highest BCUT2D eigenvalue weighted by molar-refractivity contribution is 9.10. The Kier molecular flexibility index (Phi) is 5.28. The second-order valence-corrected chi connectivity index (χ2v) is 9.77. The third-order valence-electron chi connectivity index (χ3n) is 4.73. The zero-order valence-electron chi connectivity index (χ0n) is 15.1. The van der Waals surface area contributed by atoms with Crippen molar-refractivity contribution in [1.82, 2.24) is 0 Å². The van der Waals surface area contributed by atoms with Crippen molar-refractivity contribution in [3.05, 3.63) is 57.6 Å². The number of rotatable bonds is 6. The van der Waals surface area contributed by atoms with Gasteiger partial charge >= 0.3 is 7.60 Å². The third-order valence-corrected chi connectivity index (χ3v) is 7.28.